The van der Waals surface area contributed by atoms with Crippen LogP contribution in [0.25, 0.3) is 0 Å². The summed E-state index contributed by atoms with van der Waals surface area (Å²) in [4.78, 5) is 0. The van der Waals surface area contributed by atoms with Crippen LogP contribution in [-0.4, -0.2) is 0 Å². The first-order valence-electron chi connectivity index (χ1n) is 6.54. The molecule has 0 saturated carbocycles. The highest BCUT2D eigenvalue weighted by Gasteiger charge is 2.17. The van der Waals surface area contributed by atoms with Crippen molar-refractivity contribution in [3.8, 4) is 0 Å². The lowest BCUT2D eigenvalue weighted by molar-refractivity contribution is 0.499. The molecular weight excluding hydrogens is 380 g/mol. The zero-order valence-electron chi connectivity index (χ0n) is 11.1. The Hall–Kier alpha value is -1.82. The lowest BCUT2D eigenvalue weighted by Gasteiger charge is -2.19. The molecule has 3 aromatic rings. The van der Waals surface area contributed by atoms with E-state index in [1.54, 1.807) is 12.3 Å². The third kappa shape index (κ3) is 3.26. The number of hydrogen-bond acceptors (Lipinski definition) is 2. The van der Waals surface area contributed by atoms with E-state index >= 15 is 0 Å². The molecule has 1 unspecified atom stereocenters. The van der Waals surface area contributed by atoms with Crippen molar-refractivity contribution in [1.82, 2.24) is 0 Å². The van der Waals surface area contributed by atoms with Crippen molar-refractivity contribution in [2.45, 2.75) is 6.04 Å². The van der Waals surface area contributed by atoms with Gasteiger partial charge in [0.05, 0.1) is 6.26 Å². The molecule has 0 aliphatic heterocycles. The molecule has 1 N–H and O–H groups in total. The van der Waals surface area contributed by atoms with Gasteiger partial charge in [-0.1, -0.05) is 30.3 Å². The molecule has 0 saturated heterocycles. The molecule has 0 aliphatic carbocycles. The standard InChI is InChI=1S/C17H13FINO/c18-13-8-9-15(14(19)11-13)20-17(16-7-4-10-21-16)12-5-2-1-3-6-12/h1-11,17,20H. The summed E-state index contributed by atoms with van der Waals surface area (Å²) in [6.45, 7) is 0. The number of anilines is 1. The molecule has 106 valence electrons. The minimum atomic E-state index is -0.237. The van der Waals surface area contributed by atoms with E-state index in [9.17, 15) is 4.39 Å². The Labute approximate surface area is 136 Å². The molecule has 4 heteroatoms. The van der Waals surface area contributed by atoms with Crippen LogP contribution in [0.15, 0.2) is 71.3 Å². The highest BCUT2D eigenvalue weighted by atomic mass is 127. The van der Waals surface area contributed by atoms with Gasteiger partial charge in [-0.05, 0) is 58.5 Å². The zero-order chi connectivity index (χ0) is 14.7. The van der Waals surface area contributed by atoms with Gasteiger partial charge in [-0.3, -0.25) is 0 Å². The fourth-order valence-electron chi connectivity index (χ4n) is 2.18. The van der Waals surface area contributed by atoms with Crippen LogP contribution in [-0.2, 0) is 0 Å². The normalized spacial score (nSPS) is 12.1. The summed E-state index contributed by atoms with van der Waals surface area (Å²) in [5.41, 5.74) is 1.97. The van der Waals surface area contributed by atoms with E-state index in [0.29, 0.717) is 0 Å². The summed E-state index contributed by atoms with van der Waals surface area (Å²) < 4.78 is 19.6. The van der Waals surface area contributed by atoms with Crippen LogP contribution in [0.4, 0.5) is 10.1 Å². The maximum atomic E-state index is 13.2. The number of benzene rings is 2. The van der Waals surface area contributed by atoms with E-state index in [2.05, 4.69) is 27.9 Å². The van der Waals surface area contributed by atoms with Gasteiger partial charge in [-0.25, -0.2) is 4.39 Å². The van der Waals surface area contributed by atoms with Crippen molar-refractivity contribution in [2.24, 2.45) is 0 Å². The first-order valence-corrected chi connectivity index (χ1v) is 7.62. The monoisotopic (exact) mass is 393 g/mol. The molecule has 0 bridgehead atoms. The minimum absolute atomic E-state index is 0.111. The second-order valence-corrected chi connectivity index (χ2v) is 5.79. The van der Waals surface area contributed by atoms with Gasteiger partial charge in [0, 0.05) is 9.26 Å². The Bertz CT molecular complexity index is 713. The average molecular weight is 393 g/mol. The van der Waals surface area contributed by atoms with Crippen molar-refractivity contribution in [3.05, 3.63) is 87.6 Å². The van der Waals surface area contributed by atoms with Crippen LogP contribution in [0.1, 0.15) is 17.4 Å². The lowest BCUT2D eigenvalue weighted by atomic mass is 10.0. The summed E-state index contributed by atoms with van der Waals surface area (Å²) in [6.07, 6.45) is 1.66. The molecule has 3 rings (SSSR count). The molecule has 1 heterocycles. The summed E-state index contributed by atoms with van der Waals surface area (Å²) in [5.74, 6) is 0.584. The predicted molar refractivity (Wildman–Crippen MR) is 89.7 cm³/mol. The first kappa shape index (κ1) is 14.1. The lowest BCUT2D eigenvalue weighted by Crippen LogP contribution is -2.12. The fraction of sp³-hybridized carbons (Fsp3) is 0.0588. The van der Waals surface area contributed by atoms with Crippen LogP contribution in [0.5, 0.6) is 0 Å². The minimum Gasteiger partial charge on any atom is -0.467 e. The van der Waals surface area contributed by atoms with Gasteiger partial charge >= 0.3 is 0 Å². The van der Waals surface area contributed by atoms with Gasteiger partial charge in [-0.15, -0.1) is 0 Å². The Morgan fingerprint density at radius 2 is 1.81 bits per heavy atom. The molecular formula is C17H13FINO. The summed E-state index contributed by atoms with van der Waals surface area (Å²) in [6, 6.07) is 18.4. The van der Waals surface area contributed by atoms with Crippen molar-refractivity contribution in [3.63, 3.8) is 0 Å². The first-order chi connectivity index (χ1) is 10.2. The van der Waals surface area contributed by atoms with Crippen molar-refractivity contribution < 1.29 is 8.81 Å². The largest absolute Gasteiger partial charge is 0.467 e. The van der Waals surface area contributed by atoms with E-state index < -0.39 is 0 Å². The third-order valence-corrected chi connectivity index (χ3v) is 4.08. The Morgan fingerprint density at radius 1 is 1.00 bits per heavy atom. The smallest absolute Gasteiger partial charge is 0.130 e. The van der Waals surface area contributed by atoms with Crippen LogP contribution in [0.2, 0.25) is 0 Å². The number of rotatable bonds is 4. The molecule has 0 radical (unpaired) electrons. The predicted octanol–water partition coefficient (Wildman–Crippen LogP) is 5.22. The number of halogens is 2. The maximum absolute atomic E-state index is 13.2. The second-order valence-electron chi connectivity index (χ2n) is 4.63. The van der Waals surface area contributed by atoms with Gasteiger partial charge in [0.25, 0.3) is 0 Å². The third-order valence-electron chi connectivity index (χ3n) is 3.19. The second kappa shape index (κ2) is 6.30. The van der Waals surface area contributed by atoms with Crippen LogP contribution in [0.3, 0.4) is 0 Å². The fourth-order valence-corrected chi connectivity index (χ4v) is 2.81. The molecule has 0 amide bonds. The van der Waals surface area contributed by atoms with Crippen LogP contribution < -0.4 is 5.32 Å². The number of hydrogen-bond donors (Lipinski definition) is 1. The Balaban J connectivity index is 1.97. The molecule has 0 fully saturated rings. The molecule has 2 aromatic carbocycles. The van der Waals surface area contributed by atoms with Crippen molar-refractivity contribution >= 4 is 28.3 Å². The summed E-state index contributed by atoms with van der Waals surface area (Å²) in [5, 5.41) is 3.43. The number of furan rings is 1. The Kier molecular flexibility index (Phi) is 4.24. The van der Waals surface area contributed by atoms with Crippen molar-refractivity contribution in [2.75, 3.05) is 5.32 Å². The van der Waals surface area contributed by atoms with Crippen LogP contribution in [0, 0.1) is 9.39 Å². The topological polar surface area (TPSA) is 25.2 Å². The van der Waals surface area contributed by atoms with E-state index in [1.165, 1.54) is 12.1 Å². The highest BCUT2D eigenvalue weighted by Crippen LogP contribution is 2.29. The maximum Gasteiger partial charge on any atom is 0.130 e. The summed E-state index contributed by atoms with van der Waals surface area (Å²) >= 11 is 2.12. The van der Waals surface area contributed by atoms with Gasteiger partial charge in [0.2, 0.25) is 0 Å². The molecule has 1 atom stereocenters. The van der Waals surface area contributed by atoms with Gasteiger partial charge in [0.15, 0.2) is 0 Å². The van der Waals surface area contributed by atoms with E-state index in [1.807, 2.05) is 42.5 Å². The van der Waals surface area contributed by atoms with E-state index in [4.69, 9.17) is 4.42 Å². The quantitative estimate of drug-likeness (QED) is 0.615. The van der Waals surface area contributed by atoms with Gasteiger partial charge in [-0.2, -0.15) is 0 Å². The number of nitrogens with one attached hydrogen (secondary N) is 1. The summed E-state index contributed by atoms with van der Waals surface area (Å²) in [7, 11) is 0. The van der Waals surface area contributed by atoms with Gasteiger partial charge in [0.1, 0.15) is 17.6 Å². The van der Waals surface area contributed by atoms with E-state index in [0.717, 1.165) is 20.6 Å². The molecule has 0 spiro atoms. The SMILES string of the molecule is Fc1ccc(NC(c2ccccc2)c2ccco2)c(I)c1. The average Bonchev–Trinajstić information content (AvgIpc) is 3.01. The van der Waals surface area contributed by atoms with Crippen LogP contribution >= 0.6 is 22.6 Å². The zero-order valence-corrected chi connectivity index (χ0v) is 13.2. The molecule has 1 aromatic heterocycles. The molecule has 2 nitrogen and oxygen atoms in total. The molecule has 21 heavy (non-hydrogen) atoms. The Morgan fingerprint density at radius 3 is 2.48 bits per heavy atom. The molecule has 0 aliphatic rings. The highest BCUT2D eigenvalue weighted by molar-refractivity contribution is 14.1. The van der Waals surface area contributed by atoms with Gasteiger partial charge < -0.3 is 9.73 Å². The van der Waals surface area contributed by atoms with E-state index in [-0.39, 0.29) is 11.9 Å². The van der Waals surface area contributed by atoms with Crippen molar-refractivity contribution in [1.29, 1.82) is 0 Å².